The van der Waals surface area contributed by atoms with Crippen molar-refractivity contribution in [2.24, 2.45) is 10.2 Å². The molecule has 2 N–H and O–H groups in total. The van der Waals surface area contributed by atoms with Gasteiger partial charge in [-0.2, -0.15) is 0 Å². The molecular formula is C22H17N3O4. The maximum absolute atomic E-state index is 11.9. The van der Waals surface area contributed by atoms with Gasteiger partial charge in [-0.05, 0) is 54.1 Å². The van der Waals surface area contributed by atoms with Crippen molar-refractivity contribution in [3.8, 4) is 5.75 Å². The van der Waals surface area contributed by atoms with Gasteiger partial charge in [0.25, 0.3) is 5.91 Å². The molecule has 7 nitrogen and oxygen atoms in total. The van der Waals surface area contributed by atoms with Crippen molar-refractivity contribution in [2.45, 2.75) is 0 Å². The smallest absolute Gasteiger partial charge is 0.355 e. The van der Waals surface area contributed by atoms with Crippen LogP contribution < -0.4 is 5.48 Å². The van der Waals surface area contributed by atoms with Crippen LogP contribution in [0.2, 0.25) is 0 Å². The third kappa shape index (κ3) is 6.14. The number of hydrogen-bond donors (Lipinski definition) is 2. The van der Waals surface area contributed by atoms with Gasteiger partial charge in [-0.3, -0.25) is 4.79 Å². The summed E-state index contributed by atoms with van der Waals surface area (Å²) < 4.78 is 0. The van der Waals surface area contributed by atoms with Gasteiger partial charge in [0.05, 0.1) is 11.4 Å². The van der Waals surface area contributed by atoms with Gasteiger partial charge >= 0.3 is 5.97 Å². The van der Waals surface area contributed by atoms with Crippen LogP contribution in [-0.2, 0) is 9.63 Å². The third-order valence-corrected chi connectivity index (χ3v) is 3.70. The fourth-order valence-electron chi connectivity index (χ4n) is 2.27. The Kier molecular flexibility index (Phi) is 6.46. The molecule has 0 aliphatic rings. The van der Waals surface area contributed by atoms with Gasteiger partial charge in [0.15, 0.2) is 0 Å². The molecule has 3 aromatic rings. The van der Waals surface area contributed by atoms with Crippen LogP contribution in [0.1, 0.15) is 15.9 Å². The van der Waals surface area contributed by atoms with Crippen LogP contribution in [0.5, 0.6) is 5.75 Å². The van der Waals surface area contributed by atoms with Crippen molar-refractivity contribution in [1.82, 2.24) is 0 Å². The molecule has 3 aromatic carbocycles. The normalized spacial score (nSPS) is 10.9. The minimum atomic E-state index is -0.567. The summed E-state index contributed by atoms with van der Waals surface area (Å²) in [6, 6.07) is 21.7. The molecule has 144 valence electrons. The van der Waals surface area contributed by atoms with Crippen molar-refractivity contribution < 1.29 is 19.5 Å². The Hall–Kier alpha value is -4.26. The standard InChI is InChI=1S/C22H17N3O4/c26-20-8-4-7-17(15-20)22(28)24-23-18-10-12-19(13-11-18)25-29-21(27)14-9-16-5-2-1-3-6-16/h1-15,25-26H. The summed E-state index contributed by atoms with van der Waals surface area (Å²) in [4.78, 5) is 28.6. The summed E-state index contributed by atoms with van der Waals surface area (Å²) in [7, 11) is 0. The van der Waals surface area contributed by atoms with E-state index in [1.807, 2.05) is 30.3 Å². The van der Waals surface area contributed by atoms with E-state index in [2.05, 4.69) is 15.7 Å². The molecule has 0 radical (unpaired) electrons. The van der Waals surface area contributed by atoms with Crippen molar-refractivity contribution >= 4 is 29.3 Å². The molecule has 1 amide bonds. The molecule has 0 aliphatic heterocycles. The van der Waals surface area contributed by atoms with E-state index in [9.17, 15) is 14.7 Å². The Bertz CT molecular complexity index is 1050. The van der Waals surface area contributed by atoms with E-state index in [1.54, 1.807) is 36.4 Å². The monoisotopic (exact) mass is 387 g/mol. The highest BCUT2D eigenvalue weighted by molar-refractivity contribution is 5.95. The first-order chi connectivity index (χ1) is 14.1. The molecule has 0 spiro atoms. The molecule has 0 bridgehead atoms. The second-order valence-corrected chi connectivity index (χ2v) is 5.87. The molecule has 3 rings (SSSR count). The number of nitrogens with one attached hydrogen (secondary N) is 1. The quantitative estimate of drug-likeness (QED) is 0.356. The molecule has 0 fully saturated rings. The maximum atomic E-state index is 11.9. The van der Waals surface area contributed by atoms with Crippen molar-refractivity contribution in [1.29, 1.82) is 0 Å². The van der Waals surface area contributed by atoms with Crippen LogP contribution in [-0.4, -0.2) is 17.0 Å². The second-order valence-electron chi connectivity index (χ2n) is 5.87. The fourth-order valence-corrected chi connectivity index (χ4v) is 2.27. The van der Waals surface area contributed by atoms with E-state index in [0.29, 0.717) is 11.4 Å². The molecule has 0 unspecified atom stereocenters. The second kappa shape index (κ2) is 9.61. The van der Waals surface area contributed by atoms with Gasteiger partial charge in [-0.25, -0.2) is 10.3 Å². The van der Waals surface area contributed by atoms with Crippen LogP contribution in [0.15, 0.2) is 95.2 Å². The number of benzene rings is 3. The first-order valence-electron chi connectivity index (χ1n) is 8.65. The summed E-state index contributed by atoms with van der Waals surface area (Å²) in [6.45, 7) is 0. The highest BCUT2D eigenvalue weighted by Gasteiger charge is 2.05. The first kappa shape index (κ1) is 19.5. The van der Waals surface area contributed by atoms with Gasteiger partial charge < -0.3 is 9.94 Å². The Balaban J connectivity index is 1.51. The average molecular weight is 387 g/mol. The Morgan fingerprint density at radius 3 is 2.41 bits per heavy atom. The zero-order valence-electron chi connectivity index (χ0n) is 15.2. The number of phenolic OH excluding ortho intramolecular Hbond substituents is 1. The lowest BCUT2D eigenvalue weighted by molar-refractivity contribution is -0.134. The zero-order chi connectivity index (χ0) is 20.5. The summed E-state index contributed by atoms with van der Waals surface area (Å²) in [6.07, 6.45) is 2.97. The number of nitrogens with zero attached hydrogens (tertiary/aromatic N) is 2. The topological polar surface area (TPSA) is 100 Å². The highest BCUT2D eigenvalue weighted by atomic mass is 16.7. The fraction of sp³-hybridized carbons (Fsp3) is 0. The number of phenols is 1. The lowest BCUT2D eigenvalue weighted by Crippen LogP contribution is -2.07. The molecular weight excluding hydrogens is 370 g/mol. The number of anilines is 1. The average Bonchev–Trinajstić information content (AvgIpc) is 2.76. The molecule has 0 heterocycles. The minimum Gasteiger partial charge on any atom is -0.508 e. The van der Waals surface area contributed by atoms with E-state index in [1.165, 1.54) is 24.3 Å². The third-order valence-electron chi connectivity index (χ3n) is 3.70. The van der Waals surface area contributed by atoms with Crippen molar-refractivity contribution in [2.75, 3.05) is 5.48 Å². The number of rotatable bonds is 6. The van der Waals surface area contributed by atoms with E-state index in [0.717, 1.165) is 5.56 Å². The summed E-state index contributed by atoms with van der Waals surface area (Å²) in [5, 5.41) is 16.9. The number of amides is 1. The van der Waals surface area contributed by atoms with Gasteiger partial charge in [0, 0.05) is 11.6 Å². The van der Waals surface area contributed by atoms with Gasteiger partial charge in [-0.1, -0.05) is 36.4 Å². The molecule has 0 aliphatic carbocycles. The first-order valence-corrected chi connectivity index (χ1v) is 8.65. The van der Waals surface area contributed by atoms with Gasteiger partial charge in [0.1, 0.15) is 5.75 Å². The molecule has 29 heavy (non-hydrogen) atoms. The molecule has 0 atom stereocenters. The Morgan fingerprint density at radius 1 is 0.931 bits per heavy atom. The summed E-state index contributed by atoms with van der Waals surface area (Å²) in [5.74, 6) is -1.13. The van der Waals surface area contributed by atoms with E-state index in [4.69, 9.17) is 4.84 Å². The lowest BCUT2D eigenvalue weighted by atomic mass is 10.2. The largest absolute Gasteiger partial charge is 0.508 e. The molecule has 0 saturated heterocycles. The number of carbonyl (C=O) groups is 2. The SMILES string of the molecule is O=C(C=Cc1ccccc1)ONc1ccc(N=NC(=O)c2cccc(O)c2)cc1. The summed E-state index contributed by atoms with van der Waals surface area (Å²) in [5.41, 5.74) is 4.64. The van der Waals surface area contributed by atoms with Crippen molar-refractivity contribution in [3.63, 3.8) is 0 Å². The van der Waals surface area contributed by atoms with Crippen LogP contribution in [0.3, 0.4) is 0 Å². The molecule has 0 saturated carbocycles. The van der Waals surface area contributed by atoms with E-state index in [-0.39, 0.29) is 11.3 Å². The minimum absolute atomic E-state index is 0.0189. The highest BCUT2D eigenvalue weighted by Crippen LogP contribution is 2.18. The Labute approximate surface area is 166 Å². The number of azo groups is 1. The van der Waals surface area contributed by atoms with Crippen LogP contribution >= 0.6 is 0 Å². The van der Waals surface area contributed by atoms with Crippen molar-refractivity contribution in [3.05, 3.63) is 96.1 Å². The number of aromatic hydroxyl groups is 1. The lowest BCUT2D eigenvalue weighted by Gasteiger charge is -2.04. The molecule has 0 aromatic heterocycles. The van der Waals surface area contributed by atoms with Crippen LogP contribution in [0.4, 0.5) is 11.4 Å². The zero-order valence-corrected chi connectivity index (χ0v) is 15.2. The predicted octanol–water partition coefficient (Wildman–Crippen LogP) is 4.90. The van der Waals surface area contributed by atoms with Gasteiger partial charge in [0.2, 0.25) is 0 Å². The molecule has 7 heteroatoms. The van der Waals surface area contributed by atoms with E-state index < -0.39 is 11.9 Å². The van der Waals surface area contributed by atoms with Gasteiger partial charge in [-0.15, -0.1) is 10.2 Å². The number of carbonyl (C=O) groups excluding carboxylic acids is 2. The van der Waals surface area contributed by atoms with Crippen LogP contribution in [0.25, 0.3) is 6.08 Å². The summed E-state index contributed by atoms with van der Waals surface area (Å²) >= 11 is 0. The predicted molar refractivity (Wildman–Crippen MR) is 109 cm³/mol. The van der Waals surface area contributed by atoms with Crippen LogP contribution in [0, 0.1) is 0 Å². The maximum Gasteiger partial charge on any atom is 0.355 e. The Morgan fingerprint density at radius 2 is 1.69 bits per heavy atom. The van der Waals surface area contributed by atoms with E-state index >= 15 is 0 Å². The number of hydrogen-bond acceptors (Lipinski definition) is 6.